The fourth-order valence-electron chi connectivity index (χ4n) is 3.21. The van der Waals surface area contributed by atoms with Crippen molar-refractivity contribution in [2.75, 3.05) is 33.9 Å². The first kappa shape index (κ1) is 26.5. The van der Waals surface area contributed by atoms with E-state index in [0.29, 0.717) is 17.9 Å². The van der Waals surface area contributed by atoms with Crippen molar-refractivity contribution in [3.63, 3.8) is 0 Å². The van der Waals surface area contributed by atoms with E-state index in [1.165, 1.54) is 4.90 Å². The van der Waals surface area contributed by atoms with Gasteiger partial charge in [0.2, 0.25) is 5.91 Å². The molecule has 2 aromatic carbocycles. The standard InChI is InChI=1S/C25H32N2O7/c1-5-33-23(28)16-27(14-13-19-11-12-21(31-3)22(15-19)32-4)24(29)18(2)26-25(30)34-17-20-9-7-6-8-10-20/h6-12,15,18H,5,13-14,16-17H2,1-4H3,(H,26,30)/t18-/m0/s1. The first-order valence-electron chi connectivity index (χ1n) is 11.0. The van der Waals surface area contributed by atoms with Crippen LogP contribution < -0.4 is 14.8 Å². The normalized spacial score (nSPS) is 11.2. The van der Waals surface area contributed by atoms with Crippen molar-refractivity contribution in [3.8, 4) is 11.5 Å². The van der Waals surface area contributed by atoms with Crippen molar-refractivity contribution in [3.05, 3.63) is 59.7 Å². The summed E-state index contributed by atoms with van der Waals surface area (Å²) in [6, 6.07) is 13.8. The summed E-state index contributed by atoms with van der Waals surface area (Å²) in [7, 11) is 3.10. The lowest BCUT2D eigenvalue weighted by Gasteiger charge is -2.25. The molecule has 0 saturated carbocycles. The van der Waals surface area contributed by atoms with Gasteiger partial charge in [0.15, 0.2) is 11.5 Å². The molecule has 0 aromatic heterocycles. The molecule has 1 atom stereocenters. The van der Waals surface area contributed by atoms with Crippen LogP contribution in [0.5, 0.6) is 11.5 Å². The van der Waals surface area contributed by atoms with Gasteiger partial charge >= 0.3 is 12.1 Å². The van der Waals surface area contributed by atoms with Gasteiger partial charge in [0, 0.05) is 6.54 Å². The van der Waals surface area contributed by atoms with E-state index in [1.54, 1.807) is 34.1 Å². The Bertz CT molecular complexity index is 950. The van der Waals surface area contributed by atoms with Crippen molar-refractivity contribution in [1.82, 2.24) is 10.2 Å². The molecule has 0 radical (unpaired) electrons. The predicted octanol–water partition coefficient (Wildman–Crippen LogP) is 2.95. The second-order valence-corrected chi connectivity index (χ2v) is 7.43. The number of hydrogen-bond acceptors (Lipinski definition) is 7. The lowest BCUT2D eigenvalue weighted by molar-refractivity contribution is -0.149. The fourth-order valence-corrected chi connectivity index (χ4v) is 3.21. The predicted molar refractivity (Wildman–Crippen MR) is 126 cm³/mol. The Hall–Kier alpha value is -3.75. The van der Waals surface area contributed by atoms with Gasteiger partial charge in [-0.3, -0.25) is 9.59 Å². The topological polar surface area (TPSA) is 103 Å². The molecule has 0 aliphatic carbocycles. The first-order chi connectivity index (χ1) is 16.4. The molecule has 0 heterocycles. The number of hydrogen-bond donors (Lipinski definition) is 1. The van der Waals surface area contributed by atoms with Crippen molar-refractivity contribution in [2.45, 2.75) is 32.9 Å². The molecule has 0 fully saturated rings. The van der Waals surface area contributed by atoms with Crippen LogP contribution in [0.15, 0.2) is 48.5 Å². The van der Waals surface area contributed by atoms with Crippen LogP contribution in [-0.4, -0.2) is 62.8 Å². The number of ether oxygens (including phenoxy) is 4. The van der Waals surface area contributed by atoms with E-state index < -0.39 is 24.0 Å². The van der Waals surface area contributed by atoms with Crippen LogP contribution >= 0.6 is 0 Å². The van der Waals surface area contributed by atoms with E-state index in [2.05, 4.69) is 5.32 Å². The van der Waals surface area contributed by atoms with E-state index in [0.717, 1.165) is 11.1 Å². The molecule has 0 spiro atoms. The maximum Gasteiger partial charge on any atom is 0.408 e. The number of rotatable bonds is 12. The van der Waals surface area contributed by atoms with Gasteiger partial charge in [0.25, 0.3) is 0 Å². The number of amides is 2. The van der Waals surface area contributed by atoms with Crippen LogP contribution in [-0.2, 0) is 32.1 Å². The number of carbonyl (C=O) groups is 3. The molecule has 9 heteroatoms. The molecule has 2 rings (SSSR count). The summed E-state index contributed by atoms with van der Waals surface area (Å²) in [6.07, 6.45) is -0.267. The van der Waals surface area contributed by atoms with Crippen LogP contribution in [0.1, 0.15) is 25.0 Å². The first-order valence-corrected chi connectivity index (χ1v) is 11.0. The highest BCUT2D eigenvalue weighted by Crippen LogP contribution is 2.27. The molecule has 0 saturated heterocycles. The maximum atomic E-state index is 13.0. The van der Waals surface area contributed by atoms with Crippen LogP contribution in [0.3, 0.4) is 0 Å². The summed E-state index contributed by atoms with van der Waals surface area (Å²) >= 11 is 0. The third-order valence-corrected chi connectivity index (χ3v) is 4.97. The Kier molecular flexibility index (Phi) is 10.7. The minimum Gasteiger partial charge on any atom is -0.493 e. The Morgan fingerprint density at radius 2 is 1.65 bits per heavy atom. The zero-order valence-corrected chi connectivity index (χ0v) is 20.0. The zero-order valence-electron chi connectivity index (χ0n) is 20.0. The minimum absolute atomic E-state index is 0.0828. The van der Waals surface area contributed by atoms with Gasteiger partial charge in [-0.1, -0.05) is 36.4 Å². The molecule has 0 unspecified atom stereocenters. The third kappa shape index (κ3) is 8.31. The van der Waals surface area contributed by atoms with Crippen molar-refractivity contribution >= 4 is 18.0 Å². The van der Waals surface area contributed by atoms with Crippen molar-refractivity contribution in [2.24, 2.45) is 0 Å². The van der Waals surface area contributed by atoms with Crippen LogP contribution in [0.25, 0.3) is 0 Å². The zero-order chi connectivity index (χ0) is 24.9. The molecule has 34 heavy (non-hydrogen) atoms. The molecule has 1 N–H and O–H groups in total. The molecule has 0 bridgehead atoms. The van der Waals surface area contributed by atoms with Crippen LogP contribution in [0.2, 0.25) is 0 Å². The van der Waals surface area contributed by atoms with E-state index >= 15 is 0 Å². The lowest BCUT2D eigenvalue weighted by Crippen LogP contribution is -2.49. The summed E-state index contributed by atoms with van der Waals surface area (Å²) in [6.45, 7) is 3.53. The highest BCUT2D eigenvalue weighted by Gasteiger charge is 2.25. The van der Waals surface area contributed by atoms with Gasteiger partial charge in [-0.25, -0.2) is 4.79 Å². The molecular formula is C25H32N2O7. The molecule has 0 aliphatic rings. The number of methoxy groups -OCH3 is 2. The SMILES string of the molecule is CCOC(=O)CN(CCc1ccc(OC)c(OC)c1)C(=O)[C@H](C)NC(=O)OCc1ccccc1. The minimum atomic E-state index is -0.900. The van der Waals surface area contributed by atoms with Gasteiger partial charge in [-0.05, 0) is 43.5 Å². The molecule has 0 aliphatic heterocycles. The second-order valence-electron chi connectivity index (χ2n) is 7.43. The van der Waals surface area contributed by atoms with Crippen LogP contribution in [0.4, 0.5) is 4.79 Å². The van der Waals surface area contributed by atoms with Gasteiger partial charge < -0.3 is 29.2 Å². The molecular weight excluding hydrogens is 440 g/mol. The second kappa shape index (κ2) is 13.7. The number of alkyl carbamates (subject to hydrolysis) is 1. The van der Waals surface area contributed by atoms with E-state index in [9.17, 15) is 14.4 Å². The average Bonchev–Trinajstić information content (AvgIpc) is 2.85. The quantitative estimate of drug-likeness (QED) is 0.474. The van der Waals surface area contributed by atoms with Gasteiger partial charge in [0.05, 0.1) is 20.8 Å². The van der Waals surface area contributed by atoms with Gasteiger partial charge in [-0.2, -0.15) is 0 Å². The summed E-state index contributed by atoms with van der Waals surface area (Å²) in [5, 5.41) is 2.53. The lowest BCUT2D eigenvalue weighted by atomic mass is 10.1. The number of carbonyl (C=O) groups excluding carboxylic acids is 3. The highest BCUT2D eigenvalue weighted by atomic mass is 16.5. The van der Waals surface area contributed by atoms with Gasteiger partial charge in [-0.15, -0.1) is 0 Å². The number of nitrogens with one attached hydrogen (secondary N) is 1. The van der Waals surface area contributed by atoms with E-state index in [-0.39, 0.29) is 26.3 Å². The maximum absolute atomic E-state index is 13.0. The number of benzene rings is 2. The molecule has 9 nitrogen and oxygen atoms in total. The Labute approximate surface area is 199 Å². The Balaban J connectivity index is 2.01. The van der Waals surface area contributed by atoms with Crippen LogP contribution in [0, 0.1) is 0 Å². The summed E-state index contributed by atoms with van der Waals surface area (Å²) in [5.74, 6) is 0.212. The Morgan fingerprint density at radius 1 is 0.941 bits per heavy atom. The monoisotopic (exact) mass is 472 g/mol. The van der Waals surface area contributed by atoms with Gasteiger partial charge in [0.1, 0.15) is 19.2 Å². The fraction of sp³-hybridized carbons (Fsp3) is 0.400. The largest absolute Gasteiger partial charge is 0.493 e. The third-order valence-electron chi connectivity index (χ3n) is 4.97. The summed E-state index contributed by atoms with van der Waals surface area (Å²) < 4.78 is 20.8. The van der Waals surface area contributed by atoms with Crippen molar-refractivity contribution < 1.29 is 33.3 Å². The molecule has 2 aromatic rings. The summed E-state index contributed by atoms with van der Waals surface area (Å²) in [4.78, 5) is 38.7. The molecule has 2 amide bonds. The number of esters is 1. The van der Waals surface area contributed by atoms with E-state index in [4.69, 9.17) is 18.9 Å². The average molecular weight is 473 g/mol. The number of nitrogens with zero attached hydrogens (tertiary/aromatic N) is 1. The molecule has 184 valence electrons. The summed E-state index contributed by atoms with van der Waals surface area (Å²) in [5.41, 5.74) is 1.72. The van der Waals surface area contributed by atoms with E-state index in [1.807, 2.05) is 42.5 Å². The Morgan fingerprint density at radius 3 is 2.29 bits per heavy atom. The highest BCUT2D eigenvalue weighted by molar-refractivity contribution is 5.88. The smallest absolute Gasteiger partial charge is 0.408 e. The van der Waals surface area contributed by atoms with Crippen molar-refractivity contribution in [1.29, 1.82) is 0 Å².